The van der Waals surface area contributed by atoms with Crippen LogP contribution in [0.5, 0.6) is 0 Å². The van der Waals surface area contributed by atoms with E-state index in [-0.39, 0.29) is 6.04 Å². The lowest BCUT2D eigenvalue weighted by atomic mass is 9.95. The zero-order chi connectivity index (χ0) is 14.0. The molecule has 1 unspecified atom stereocenters. The zero-order valence-electron chi connectivity index (χ0n) is 11.9. The second kappa shape index (κ2) is 5.47. The van der Waals surface area contributed by atoms with Gasteiger partial charge < -0.3 is 0 Å². The van der Waals surface area contributed by atoms with E-state index in [0.717, 1.165) is 22.5 Å². The van der Waals surface area contributed by atoms with Crippen molar-refractivity contribution in [3.05, 3.63) is 57.9 Å². The Kier molecular flexibility index (Phi) is 3.93. The molecular weight excluding hydrogens is 236 g/mol. The van der Waals surface area contributed by atoms with Crippen molar-refractivity contribution in [1.29, 1.82) is 0 Å². The van der Waals surface area contributed by atoms with E-state index < -0.39 is 0 Å². The van der Waals surface area contributed by atoms with Crippen molar-refractivity contribution in [2.24, 2.45) is 5.84 Å². The molecule has 0 saturated carbocycles. The Bertz CT molecular complexity index is 572. The van der Waals surface area contributed by atoms with Gasteiger partial charge in [-0.3, -0.25) is 5.84 Å². The van der Waals surface area contributed by atoms with Crippen LogP contribution in [0.3, 0.4) is 0 Å². The molecule has 0 aliphatic carbocycles. The summed E-state index contributed by atoms with van der Waals surface area (Å²) < 4.78 is 0. The highest BCUT2D eigenvalue weighted by molar-refractivity contribution is 5.38. The number of benzene rings is 1. The molecule has 3 N–H and O–H groups in total. The molecule has 19 heavy (non-hydrogen) atoms. The number of hydrogen-bond donors (Lipinski definition) is 2. The quantitative estimate of drug-likeness (QED) is 0.653. The molecule has 2 aromatic rings. The predicted molar refractivity (Wildman–Crippen MR) is 76.6 cm³/mol. The molecule has 0 amide bonds. The molecule has 2 rings (SSSR count). The summed E-state index contributed by atoms with van der Waals surface area (Å²) in [6.07, 6.45) is 0. The SMILES string of the molecule is Cc1cc(C)cc(C(NN)c2cc(C)nnc2C)c1. The summed E-state index contributed by atoms with van der Waals surface area (Å²) in [5, 5.41) is 8.24. The molecule has 0 radical (unpaired) electrons. The van der Waals surface area contributed by atoms with E-state index in [1.165, 1.54) is 11.1 Å². The third kappa shape index (κ3) is 2.97. The van der Waals surface area contributed by atoms with E-state index in [1.807, 2.05) is 19.9 Å². The fourth-order valence-corrected chi connectivity index (χ4v) is 2.40. The molecule has 1 aromatic carbocycles. The highest BCUT2D eigenvalue weighted by Crippen LogP contribution is 2.25. The van der Waals surface area contributed by atoms with E-state index in [1.54, 1.807) is 0 Å². The van der Waals surface area contributed by atoms with Crippen molar-refractivity contribution in [2.45, 2.75) is 33.7 Å². The van der Waals surface area contributed by atoms with Crippen molar-refractivity contribution in [3.63, 3.8) is 0 Å². The van der Waals surface area contributed by atoms with Crippen molar-refractivity contribution >= 4 is 0 Å². The molecule has 1 aromatic heterocycles. The van der Waals surface area contributed by atoms with Crippen LogP contribution in [0.15, 0.2) is 24.3 Å². The molecule has 0 bridgehead atoms. The van der Waals surface area contributed by atoms with Crippen LogP contribution in [0.4, 0.5) is 0 Å². The van der Waals surface area contributed by atoms with Gasteiger partial charge in [-0.1, -0.05) is 29.3 Å². The van der Waals surface area contributed by atoms with E-state index in [0.29, 0.717) is 0 Å². The van der Waals surface area contributed by atoms with Gasteiger partial charge in [-0.15, -0.1) is 0 Å². The molecule has 100 valence electrons. The summed E-state index contributed by atoms with van der Waals surface area (Å²) in [6.45, 7) is 8.07. The smallest absolute Gasteiger partial charge is 0.0729 e. The third-order valence-electron chi connectivity index (χ3n) is 3.19. The van der Waals surface area contributed by atoms with Crippen LogP contribution < -0.4 is 11.3 Å². The first-order valence-corrected chi connectivity index (χ1v) is 6.36. The number of aryl methyl sites for hydroxylation is 4. The summed E-state index contributed by atoms with van der Waals surface area (Å²) in [6, 6.07) is 8.41. The maximum Gasteiger partial charge on any atom is 0.0729 e. The van der Waals surface area contributed by atoms with Crippen LogP contribution >= 0.6 is 0 Å². The number of nitrogens with one attached hydrogen (secondary N) is 1. The monoisotopic (exact) mass is 256 g/mol. The van der Waals surface area contributed by atoms with Gasteiger partial charge in [0.15, 0.2) is 0 Å². The van der Waals surface area contributed by atoms with Crippen molar-refractivity contribution in [2.75, 3.05) is 0 Å². The Morgan fingerprint density at radius 2 is 1.58 bits per heavy atom. The number of aromatic nitrogens is 2. The van der Waals surface area contributed by atoms with Crippen molar-refractivity contribution in [1.82, 2.24) is 15.6 Å². The van der Waals surface area contributed by atoms with Gasteiger partial charge in [-0.2, -0.15) is 10.2 Å². The van der Waals surface area contributed by atoms with E-state index in [9.17, 15) is 0 Å². The highest BCUT2D eigenvalue weighted by Gasteiger charge is 2.16. The summed E-state index contributed by atoms with van der Waals surface area (Å²) >= 11 is 0. The van der Waals surface area contributed by atoms with Crippen molar-refractivity contribution in [3.8, 4) is 0 Å². The van der Waals surface area contributed by atoms with Crippen LogP contribution in [-0.4, -0.2) is 10.2 Å². The minimum Gasteiger partial charge on any atom is -0.271 e. The normalized spacial score (nSPS) is 12.5. The van der Waals surface area contributed by atoms with Crippen LogP contribution in [0.2, 0.25) is 0 Å². The zero-order valence-corrected chi connectivity index (χ0v) is 11.9. The summed E-state index contributed by atoms with van der Waals surface area (Å²) in [5.74, 6) is 5.76. The maximum absolute atomic E-state index is 5.76. The molecule has 0 spiro atoms. The first-order chi connectivity index (χ1) is 9.01. The molecule has 0 saturated heterocycles. The largest absolute Gasteiger partial charge is 0.271 e. The molecule has 4 heteroatoms. The number of nitrogens with zero attached hydrogens (tertiary/aromatic N) is 2. The van der Waals surface area contributed by atoms with Gasteiger partial charge in [0.2, 0.25) is 0 Å². The second-order valence-corrected chi connectivity index (χ2v) is 5.05. The first kappa shape index (κ1) is 13.6. The minimum absolute atomic E-state index is 0.0622. The Morgan fingerprint density at radius 3 is 2.16 bits per heavy atom. The Morgan fingerprint density at radius 1 is 0.947 bits per heavy atom. The van der Waals surface area contributed by atoms with Crippen LogP contribution in [0.1, 0.15) is 39.7 Å². The average Bonchev–Trinajstić information content (AvgIpc) is 2.33. The lowest BCUT2D eigenvalue weighted by Crippen LogP contribution is -2.30. The number of nitrogens with two attached hydrogens (primary N) is 1. The third-order valence-corrected chi connectivity index (χ3v) is 3.19. The standard InChI is InChI=1S/C15H20N4/c1-9-5-10(2)7-13(6-9)15(17-16)14-8-11(3)18-19-12(14)4/h5-8,15,17H,16H2,1-4H3. The average molecular weight is 256 g/mol. The number of hydrogen-bond acceptors (Lipinski definition) is 4. The fourth-order valence-electron chi connectivity index (χ4n) is 2.40. The van der Waals surface area contributed by atoms with E-state index in [4.69, 9.17) is 5.84 Å². The van der Waals surface area contributed by atoms with Gasteiger partial charge in [0.1, 0.15) is 0 Å². The van der Waals surface area contributed by atoms with Gasteiger partial charge >= 0.3 is 0 Å². The van der Waals surface area contributed by atoms with Gasteiger partial charge in [-0.05, 0) is 44.9 Å². The Hall–Kier alpha value is -1.78. The van der Waals surface area contributed by atoms with Crippen LogP contribution in [0, 0.1) is 27.7 Å². The van der Waals surface area contributed by atoms with Crippen molar-refractivity contribution < 1.29 is 0 Å². The summed E-state index contributed by atoms with van der Waals surface area (Å²) in [5.41, 5.74) is 9.35. The molecule has 1 heterocycles. The fraction of sp³-hybridized carbons (Fsp3) is 0.333. The minimum atomic E-state index is -0.0622. The van der Waals surface area contributed by atoms with E-state index in [2.05, 4.69) is 47.7 Å². The molecule has 0 fully saturated rings. The summed E-state index contributed by atoms with van der Waals surface area (Å²) in [4.78, 5) is 0. The van der Waals surface area contributed by atoms with Crippen LogP contribution in [0.25, 0.3) is 0 Å². The summed E-state index contributed by atoms with van der Waals surface area (Å²) in [7, 11) is 0. The molecular formula is C15H20N4. The lowest BCUT2D eigenvalue weighted by Gasteiger charge is -2.19. The van der Waals surface area contributed by atoms with Gasteiger partial charge in [0, 0.05) is 0 Å². The highest BCUT2D eigenvalue weighted by atomic mass is 15.2. The molecule has 1 atom stereocenters. The predicted octanol–water partition coefficient (Wildman–Crippen LogP) is 2.26. The molecule has 0 aliphatic heterocycles. The number of hydrazine groups is 1. The van der Waals surface area contributed by atoms with Gasteiger partial charge in [0.05, 0.1) is 17.4 Å². The Labute approximate surface area is 114 Å². The lowest BCUT2D eigenvalue weighted by molar-refractivity contribution is 0.625. The molecule has 0 aliphatic rings. The van der Waals surface area contributed by atoms with Crippen LogP contribution in [-0.2, 0) is 0 Å². The van der Waals surface area contributed by atoms with Gasteiger partial charge in [0.25, 0.3) is 0 Å². The topological polar surface area (TPSA) is 63.8 Å². The van der Waals surface area contributed by atoms with Gasteiger partial charge in [-0.25, -0.2) is 5.43 Å². The molecule has 4 nitrogen and oxygen atoms in total. The maximum atomic E-state index is 5.76. The second-order valence-electron chi connectivity index (χ2n) is 5.05. The first-order valence-electron chi connectivity index (χ1n) is 6.36. The van der Waals surface area contributed by atoms with E-state index >= 15 is 0 Å². The number of rotatable bonds is 3. The Balaban J connectivity index is 2.52.